The van der Waals surface area contributed by atoms with Gasteiger partial charge in [0.15, 0.2) is 0 Å². The van der Waals surface area contributed by atoms with Gasteiger partial charge in [0, 0.05) is 43.0 Å². The maximum Gasteiger partial charge on any atom is 0.0524 e. The summed E-state index contributed by atoms with van der Waals surface area (Å²) in [5, 5.41) is 4.51. The van der Waals surface area contributed by atoms with E-state index in [2.05, 4.69) is 46.4 Å². The number of rotatable bonds is 1. The van der Waals surface area contributed by atoms with Crippen molar-refractivity contribution >= 4 is 11.8 Å². The van der Waals surface area contributed by atoms with Crippen LogP contribution >= 0.6 is 11.8 Å². The predicted molar refractivity (Wildman–Crippen MR) is 72.1 cm³/mol. The first-order chi connectivity index (χ1) is 8.19. The minimum atomic E-state index is 0.464. The summed E-state index contributed by atoms with van der Waals surface area (Å²) in [6, 6.07) is 2.80. The highest BCUT2D eigenvalue weighted by Crippen LogP contribution is 2.40. The van der Waals surface area contributed by atoms with Crippen LogP contribution in [0.4, 0.5) is 0 Å². The number of hydrogen-bond acceptors (Lipinski definition) is 3. The van der Waals surface area contributed by atoms with Crippen molar-refractivity contribution < 1.29 is 0 Å². The van der Waals surface area contributed by atoms with Crippen LogP contribution < -0.4 is 0 Å². The van der Waals surface area contributed by atoms with E-state index in [4.69, 9.17) is 0 Å². The van der Waals surface area contributed by atoms with E-state index >= 15 is 0 Å². The van der Waals surface area contributed by atoms with Gasteiger partial charge in [0.05, 0.1) is 5.69 Å². The quantitative estimate of drug-likeness (QED) is 0.764. The van der Waals surface area contributed by atoms with E-state index in [0.29, 0.717) is 11.5 Å². The maximum atomic E-state index is 4.51. The van der Waals surface area contributed by atoms with E-state index in [1.807, 2.05) is 6.20 Å². The van der Waals surface area contributed by atoms with Crippen molar-refractivity contribution in [3.63, 3.8) is 0 Å². The van der Waals surface area contributed by atoms with Crippen molar-refractivity contribution in [3.05, 3.63) is 18.0 Å². The third-order valence-electron chi connectivity index (χ3n) is 4.11. The first-order valence-electron chi connectivity index (χ1n) is 6.51. The van der Waals surface area contributed by atoms with E-state index in [0.717, 1.165) is 13.1 Å². The Hall–Kier alpha value is -0.480. The molecule has 0 bridgehead atoms. The fourth-order valence-corrected chi connectivity index (χ4v) is 4.44. The molecule has 0 saturated carbocycles. The first-order valence-corrected chi connectivity index (χ1v) is 7.67. The molecule has 0 amide bonds. The van der Waals surface area contributed by atoms with E-state index in [9.17, 15) is 0 Å². The van der Waals surface area contributed by atoms with Crippen LogP contribution in [0.1, 0.15) is 26.0 Å². The maximum absolute atomic E-state index is 4.51. The van der Waals surface area contributed by atoms with Crippen LogP contribution in [-0.4, -0.2) is 38.8 Å². The normalized spacial score (nSPS) is 29.8. The highest BCUT2D eigenvalue weighted by atomic mass is 32.2. The second kappa shape index (κ2) is 4.32. The third-order valence-corrected chi connectivity index (χ3v) is 5.42. The van der Waals surface area contributed by atoms with E-state index in [-0.39, 0.29) is 0 Å². The van der Waals surface area contributed by atoms with Gasteiger partial charge in [0.2, 0.25) is 0 Å². The van der Waals surface area contributed by atoms with E-state index in [1.165, 1.54) is 30.2 Å². The van der Waals surface area contributed by atoms with Crippen LogP contribution in [0.5, 0.6) is 0 Å². The van der Waals surface area contributed by atoms with Gasteiger partial charge in [-0.3, -0.25) is 9.58 Å². The number of fused-ring (bicyclic) bond motifs is 1. The standard InChI is InChI=1S/C13H21N3S/c1-11(2)15-7-12-3-5-14-16(12)9-13(8-15)4-6-17-10-13/h3,5,11H,4,6-10H2,1-2H3. The molecule has 1 unspecified atom stereocenters. The number of aromatic nitrogens is 2. The van der Waals surface area contributed by atoms with Gasteiger partial charge in [-0.1, -0.05) is 0 Å². The number of thioether (sulfide) groups is 1. The Bertz CT molecular complexity index is 393. The molecule has 1 spiro atoms. The highest BCUT2D eigenvalue weighted by molar-refractivity contribution is 7.99. The molecule has 94 valence electrons. The molecule has 0 aromatic carbocycles. The lowest BCUT2D eigenvalue weighted by atomic mass is 9.87. The molecule has 17 heavy (non-hydrogen) atoms. The molecule has 0 radical (unpaired) electrons. The fraction of sp³-hybridized carbons (Fsp3) is 0.769. The second-order valence-electron chi connectivity index (χ2n) is 5.78. The first kappa shape index (κ1) is 11.6. The summed E-state index contributed by atoms with van der Waals surface area (Å²) in [7, 11) is 0. The Kier molecular flexibility index (Phi) is 2.95. The van der Waals surface area contributed by atoms with Gasteiger partial charge in [0.1, 0.15) is 0 Å². The Morgan fingerprint density at radius 3 is 3.00 bits per heavy atom. The summed E-state index contributed by atoms with van der Waals surface area (Å²) in [4.78, 5) is 2.62. The lowest BCUT2D eigenvalue weighted by Crippen LogP contribution is -2.40. The van der Waals surface area contributed by atoms with Crippen LogP contribution in [0.15, 0.2) is 12.3 Å². The molecule has 3 nitrogen and oxygen atoms in total. The molecule has 2 aliphatic heterocycles. The van der Waals surface area contributed by atoms with Crippen LogP contribution in [0, 0.1) is 5.41 Å². The van der Waals surface area contributed by atoms with Gasteiger partial charge in [-0.2, -0.15) is 16.9 Å². The van der Waals surface area contributed by atoms with Crippen LogP contribution in [0.2, 0.25) is 0 Å². The van der Waals surface area contributed by atoms with Crippen molar-refractivity contribution in [2.75, 3.05) is 18.1 Å². The molecule has 3 rings (SSSR count). The van der Waals surface area contributed by atoms with Gasteiger partial charge in [0.25, 0.3) is 0 Å². The van der Waals surface area contributed by atoms with Crippen LogP contribution in [0.3, 0.4) is 0 Å². The Labute approximate surface area is 108 Å². The molecule has 3 heterocycles. The summed E-state index contributed by atoms with van der Waals surface area (Å²) < 4.78 is 2.24. The zero-order valence-electron chi connectivity index (χ0n) is 10.7. The summed E-state index contributed by atoms with van der Waals surface area (Å²) in [6.07, 6.45) is 3.30. The van der Waals surface area contributed by atoms with Gasteiger partial charge < -0.3 is 0 Å². The van der Waals surface area contributed by atoms with Crippen LogP contribution in [-0.2, 0) is 13.1 Å². The van der Waals surface area contributed by atoms with Gasteiger partial charge in [-0.25, -0.2) is 0 Å². The molecule has 1 atom stereocenters. The highest BCUT2D eigenvalue weighted by Gasteiger charge is 2.39. The van der Waals surface area contributed by atoms with Crippen molar-refractivity contribution in [3.8, 4) is 0 Å². The van der Waals surface area contributed by atoms with E-state index < -0.39 is 0 Å². The summed E-state index contributed by atoms with van der Waals surface area (Å²) in [5.74, 6) is 2.62. The summed E-state index contributed by atoms with van der Waals surface area (Å²) >= 11 is 2.11. The molecule has 2 aliphatic rings. The Morgan fingerprint density at radius 2 is 2.29 bits per heavy atom. The number of hydrogen-bond donors (Lipinski definition) is 0. The molecule has 1 aromatic rings. The minimum Gasteiger partial charge on any atom is -0.294 e. The van der Waals surface area contributed by atoms with Gasteiger partial charge in [-0.05, 0) is 32.1 Å². The molecule has 1 aromatic heterocycles. The largest absolute Gasteiger partial charge is 0.294 e. The SMILES string of the molecule is CC(C)N1Cc2ccnn2CC2(CCSC2)C1. The average molecular weight is 251 g/mol. The number of nitrogens with zero attached hydrogens (tertiary/aromatic N) is 3. The molecule has 1 fully saturated rings. The van der Waals surface area contributed by atoms with Gasteiger partial charge >= 0.3 is 0 Å². The van der Waals surface area contributed by atoms with Crippen molar-refractivity contribution in [1.29, 1.82) is 0 Å². The lowest BCUT2D eigenvalue weighted by Gasteiger charge is -2.33. The molecule has 1 saturated heterocycles. The van der Waals surface area contributed by atoms with Crippen molar-refractivity contribution in [2.24, 2.45) is 5.41 Å². The summed E-state index contributed by atoms with van der Waals surface area (Å²) in [6.45, 7) is 8.03. The monoisotopic (exact) mass is 251 g/mol. The summed E-state index contributed by atoms with van der Waals surface area (Å²) in [5.41, 5.74) is 1.85. The Balaban J connectivity index is 1.93. The van der Waals surface area contributed by atoms with Crippen molar-refractivity contribution in [2.45, 2.75) is 39.4 Å². The topological polar surface area (TPSA) is 21.1 Å². The zero-order valence-corrected chi connectivity index (χ0v) is 11.5. The second-order valence-corrected chi connectivity index (χ2v) is 6.89. The molecular weight excluding hydrogens is 230 g/mol. The van der Waals surface area contributed by atoms with E-state index in [1.54, 1.807) is 0 Å². The molecular formula is C13H21N3S. The zero-order chi connectivity index (χ0) is 11.9. The lowest BCUT2D eigenvalue weighted by molar-refractivity contribution is 0.132. The predicted octanol–water partition coefficient (Wildman–Crippen LogP) is 2.23. The van der Waals surface area contributed by atoms with Crippen LogP contribution in [0.25, 0.3) is 0 Å². The molecule has 0 aliphatic carbocycles. The molecule has 0 N–H and O–H groups in total. The third kappa shape index (κ3) is 2.13. The average Bonchev–Trinajstić information content (AvgIpc) is 2.86. The van der Waals surface area contributed by atoms with Crippen molar-refractivity contribution in [1.82, 2.24) is 14.7 Å². The van der Waals surface area contributed by atoms with Gasteiger partial charge in [-0.15, -0.1) is 0 Å². The Morgan fingerprint density at radius 1 is 1.41 bits per heavy atom. The smallest absolute Gasteiger partial charge is 0.0524 e. The minimum absolute atomic E-state index is 0.464. The fourth-order valence-electron chi connectivity index (χ4n) is 2.96. The molecule has 4 heteroatoms.